The molecule has 0 atom stereocenters. The van der Waals surface area contributed by atoms with Crippen LogP contribution in [-0.4, -0.2) is 9.55 Å². The van der Waals surface area contributed by atoms with E-state index in [2.05, 4.69) is 4.57 Å². The number of fused-ring (bicyclic) bond motifs is 1. The third-order valence-corrected chi connectivity index (χ3v) is 4.03. The minimum atomic E-state index is 0.492. The summed E-state index contributed by atoms with van der Waals surface area (Å²) in [7, 11) is 0. The van der Waals surface area contributed by atoms with E-state index < -0.39 is 0 Å². The van der Waals surface area contributed by atoms with Crippen molar-refractivity contribution in [2.24, 2.45) is 0 Å². The number of halogens is 1. The van der Waals surface area contributed by atoms with Gasteiger partial charge in [0.1, 0.15) is 5.82 Å². The molecule has 4 rings (SSSR count). The summed E-state index contributed by atoms with van der Waals surface area (Å²) in [6.07, 6.45) is 2.34. The topological polar surface area (TPSA) is 69.9 Å². The predicted molar refractivity (Wildman–Crippen MR) is 87.3 cm³/mol. The highest BCUT2D eigenvalue weighted by Gasteiger charge is 2.28. The van der Waals surface area contributed by atoms with E-state index in [9.17, 15) is 0 Å². The van der Waals surface area contributed by atoms with Crippen LogP contribution in [0.25, 0.3) is 22.4 Å². The molecule has 106 valence electrons. The summed E-state index contributed by atoms with van der Waals surface area (Å²) in [6, 6.07) is 11.9. The van der Waals surface area contributed by atoms with Crippen LogP contribution in [0.3, 0.4) is 0 Å². The smallest absolute Gasteiger partial charge is 0.141 e. The van der Waals surface area contributed by atoms with Gasteiger partial charge < -0.3 is 16.0 Å². The molecule has 1 aliphatic rings. The van der Waals surface area contributed by atoms with Gasteiger partial charge in [-0.05, 0) is 49.2 Å². The monoisotopic (exact) mass is 298 g/mol. The SMILES string of the molecule is Nc1cc(N)cc(-c2nc3ccc(Cl)cc3n2C2CC2)c1. The highest BCUT2D eigenvalue weighted by atomic mass is 35.5. The molecule has 4 nitrogen and oxygen atoms in total. The van der Waals surface area contributed by atoms with Crippen LogP contribution in [-0.2, 0) is 0 Å². The van der Waals surface area contributed by atoms with E-state index in [0.717, 1.165) is 27.4 Å². The minimum absolute atomic E-state index is 0.492. The third kappa shape index (κ3) is 2.12. The fraction of sp³-hybridized carbons (Fsp3) is 0.188. The van der Waals surface area contributed by atoms with Crippen molar-refractivity contribution < 1.29 is 0 Å². The molecule has 1 fully saturated rings. The number of nitrogens with zero attached hydrogens (tertiary/aromatic N) is 2. The first-order valence-electron chi connectivity index (χ1n) is 6.96. The second-order valence-electron chi connectivity index (χ2n) is 5.56. The highest BCUT2D eigenvalue weighted by molar-refractivity contribution is 6.31. The molecule has 0 unspecified atom stereocenters. The van der Waals surface area contributed by atoms with Crippen LogP contribution in [0.1, 0.15) is 18.9 Å². The van der Waals surface area contributed by atoms with Gasteiger partial charge in [0.25, 0.3) is 0 Å². The van der Waals surface area contributed by atoms with Gasteiger partial charge in [0, 0.05) is 28.0 Å². The van der Waals surface area contributed by atoms with Crippen LogP contribution in [0.15, 0.2) is 36.4 Å². The molecule has 4 N–H and O–H groups in total. The predicted octanol–water partition coefficient (Wildman–Crippen LogP) is 3.86. The second kappa shape index (κ2) is 4.40. The average Bonchev–Trinajstić information content (AvgIpc) is 3.18. The maximum absolute atomic E-state index is 6.14. The molecule has 0 aliphatic heterocycles. The van der Waals surface area contributed by atoms with Gasteiger partial charge in [-0.3, -0.25) is 0 Å². The van der Waals surface area contributed by atoms with Gasteiger partial charge in [-0.2, -0.15) is 0 Å². The zero-order valence-corrected chi connectivity index (χ0v) is 12.1. The third-order valence-electron chi connectivity index (χ3n) is 3.80. The van der Waals surface area contributed by atoms with Gasteiger partial charge in [0.2, 0.25) is 0 Å². The van der Waals surface area contributed by atoms with E-state index >= 15 is 0 Å². The Morgan fingerprint density at radius 2 is 1.76 bits per heavy atom. The first-order chi connectivity index (χ1) is 10.1. The maximum Gasteiger partial charge on any atom is 0.141 e. The van der Waals surface area contributed by atoms with Crippen LogP contribution in [0.4, 0.5) is 11.4 Å². The van der Waals surface area contributed by atoms with Crippen LogP contribution in [0, 0.1) is 0 Å². The highest BCUT2D eigenvalue weighted by Crippen LogP contribution is 2.42. The van der Waals surface area contributed by atoms with Gasteiger partial charge >= 0.3 is 0 Å². The van der Waals surface area contributed by atoms with Crippen molar-refractivity contribution in [3.63, 3.8) is 0 Å². The Hall–Kier alpha value is -2.20. The number of hydrogen-bond acceptors (Lipinski definition) is 3. The van der Waals surface area contributed by atoms with Gasteiger partial charge in [-0.1, -0.05) is 11.6 Å². The summed E-state index contributed by atoms with van der Waals surface area (Å²) in [6.45, 7) is 0. The fourth-order valence-corrected chi connectivity index (χ4v) is 2.94. The summed E-state index contributed by atoms with van der Waals surface area (Å²) >= 11 is 6.14. The molecule has 3 aromatic rings. The Morgan fingerprint density at radius 1 is 1.05 bits per heavy atom. The number of imidazole rings is 1. The van der Waals surface area contributed by atoms with Crippen molar-refractivity contribution in [1.82, 2.24) is 9.55 Å². The van der Waals surface area contributed by atoms with Crippen molar-refractivity contribution >= 4 is 34.0 Å². The van der Waals surface area contributed by atoms with Crippen molar-refractivity contribution in [2.45, 2.75) is 18.9 Å². The summed E-state index contributed by atoms with van der Waals surface area (Å²) in [5.74, 6) is 0.911. The number of hydrogen-bond donors (Lipinski definition) is 2. The molecule has 0 bridgehead atoms. The van der Waals surface area contributed by atoms with Crippen LogP contribution >= 0.6 is 11.6 Å². The van der Waals surface area contributed by atoms with Gasteiger partial charge in [-0.15, -0.1) is 0 Å². The summed E-state index contributed by atoms with van der Waals surface area (Å²) < 4.78 is 2.26. The summed E-state index contributed by atoms with van der Waals surface area (Å²) in [4.78, 5) is 4.76. The lowest BCUT2D eigenvalue weighted by Crippen LogP contribution is -1.99. The van der Waals surface area contributed by atoms with Crippen LogP contribution < -0.4 is 11.5 Å². The number of benzene rings is 2. The molecule has 1 saturated carbocycles. The largest absolute Gasteiger partial charge is 0.399 e. The molecule has 0 radical (unpaired) electrons. The van der Waals surface area contributed by atoms with Crippen molar-refractivity contribution in [3.8, 4) is 11.4 Å². The molecule has 5 heteroatoms. The Balaban J connectivity index is 2.01. The molecule has 1 aromatic heterocycles. The molecule has 0 saturated heterocycles. The first kappa shape index (κ1) is 12.5. The van der Waals surface area contributed by atoms with Crippen molar-refractivity contribution in [3.05, 3.63) is 41.4 Å². The standard InChI is InChI=1S/C16H15ClN4/c17-10-1-4-14-15(7-10)21(13-2-3-13)16(20-14)9-5-11(18)8-12(19)6-9/h1,4-8,13H,2-3,18-19H2. The molecular weight excluding hydrogens is 284 g/mol. The Labute approximate surface area is 127 Å². The van der Waals surface area contributed by atoms with Crippen LogP contribution in [0.5, 0.6) is 0 Å². The number of anilines is 2. The lowest BCUT2D eigenvalue weighted by Gasteiger charge is -2.09. The Morgan fingerprint density at radius 3 is 2.43 bits per heavy atom. The van der Waals surface area contributed by atoms with Gasteiger partial charge in [0.15, 0.2) is 0 Å². The molecule has 2 aromatic carbocycles. The maximum atomic E-state index is 6.14. The van der Waals surface area contributed by atoms with E-state index in [0.29, 0.717) is 17.4 Å². The Bertz CT molecular complexity index is 829. The zero-order valence-electron chi connectivity index (χ0n) is 11.4. The van der Waals surface area contributed by atoms with E-state index in [1.165, 1.54) is 12.8 Å². The quantitative estimate of drug-likeness (QED) is 0.706. The number of nitrogens with two attached hydrogens (primary N) is 2. The van der Waals surface area contributed by atoms with Crippen molar-refractivity contribution in [2.75, 3.05) is 11.5 Å². The van der Waals surface area contributed by atoms with E-state index in [1.807, 2.05) is 30.3 Å². The lowest BCUT2D eigenvalue weighted by molar-refractivity contribution is 0.775. The van der Waals surface area contributed by atoms with E-state index in [4.69, 9.17) is 28.1 Å². The first-order valence-corrected chi connectivity index (χ1v) is 7.33. The summed E-state index contributed by atoms with van der Waals surface area (Å²) in [5, 5.41) is 0.725. The fourth-order valence-electron chi connectivity index (χ4n) is 2.78. The van der Waals surface area contributed by atoms with E-state index in [-0.39, 0.29) is 0 Å². The molecule has 0 spiro atoms. The molecule has 1 aliphatic carbocycles. The zero-order chi connectivity index (χ0) is 14.6. The van der Waals surface area contributed by atoms with Crippen molar-refractivity contribution in [1.29, 1.82) is 0 Å². The van der Waals surface area contributed by atoms with Gasteiger partial charge in [0.05, 0.1) is 11.0 Å². The molecule has 0 amide bonds. The second-order valence-corrected chi connectivity index (χ2v) is 5.99. The average molecular weight is 299 g/mol. The summed E-state index contributed by atoms with van der Waals surface area (Å²) in [5.41, 5.74) is 16.1. The number of rotatable bonds is 2. The normalized spacial score (nSPS) is 14.7. The lowest BCUT2D eigenvalue weighted by atomic mass is 10.1. The minimum Gasteiger partial charge on any atom is -0.399 e. The number of aromatic nitrogens is 2. The molecule has 1 heterocycles. The molecular formula is C16H15ClN4. The Kier molecular flexibility index (Phi) is 2.62. The van der Waals surface area contributed by atoms with E-state index in [1.54, 1.807) is 6.07 Å². The van der Waals surface area contributed by atoms with Gasteiger partial charge in [-0.25, -0.2) is 4.98 Å². The molecule has 21 heavy (non-hydrogen) atoms. The number of nitrogen functional groups attached to an aromatic ring is 2. The van der Waals surface area contributed by atoms with Crippen LogP contribution in [0.2, 0.25) is 5.02 Å².